The zero-order valence-electron chi connectivity index (χ0n) is 5.79. The number of carbonyl (C=O) groups is 1. The third-order valence-corrected chi connectivity index (χ3v) is 2.64. The van der Waals surface area contributed by atoms with Crippen molar-refractivity contribution < 1.29 is 4.79 Å². The van der Waals surface area contributed by atoms with Crippen molar-refractivity contribution in [2.75, 3.05) is 0 Å². The third kappa shape index (κ3) is 0.748. The molecule has 0 aromatic carbocycles. The van der Waals surface area contributed by atoms with Gasteiger partial charge in [0.1, 0.15) is 0 Å². The first-order valence-corrected chi connectivity index (χ1v) is 3.75. The van der Waals surface area contributed by atoms with E-state index in [0.29, 0.717) is 11.8 Å². The minimum atomic E-state index is -0.114. The van der Waals surface area contributed by atoms with Crippen molar-refractivity contribution in [2.45, 2.75) is 12.8 Å². The van der Waals surface area contributed by atoms with E-state index in [1.165, 1.54) is 0 Å². The minimum absolute atomic E-state index is 0.114. The molecule has 1 saturated carbocycles. The number of fused-ring (bicyclic) bond motifs is 2. The zero-order chi connectivity index (χ0) is 7.14. The number of hydrogen-bond acceptors (Lipinski definition) is 1. The van der Waals surface area contributed by atoms with Gasteiger partial charge in [-0.15, -0.1) is 0 Å². The van der Waals surface area contributed by atoms with Crippen LogP contribution in [0.4, 0.5) is 0 Å². The van der Waals surface area contributed by atoms with Crippen LogP contribution < -0.4 is 0 Å². The largest absolute Gasteiger partial charge is 0.312 e. The molecule has 50 valence electrons. The molecule has 2 bridgehead atoms. The Morgan fingerprint density at radius 1 is 1.40 bits per heavy atom. The van der Waals surface area contributed by atoms with Crippen LogP contribution in [0.15, 0.2) is 12.2 Å². The van der Waals surface area contributed by atoms with Crippen LogP contribution in [0.1, 0.15) is 12.8 Å². The predicted molar refractivity (Wildman–Crippen MR) is 39.6 cm³/mol. The summed E-state index contributed by atoms with van der Waals surface area (Å²) in [6.45, 7) is 0. The molecule has 0 heterocycles. The van der Waals surface area contributed by atoms with Gasteiger partial charge in [-0.25, -0.2) is 0 Å². The van der Waals surface area contributed by atoms with Crippen LogP contribution >= 0.6 is 0 Å². The molecular formula is C8H9BO. The van der Waals surface area contributed by atoms with Crippen LogP contribution in [-0.4, -0.2) is 13.5 Å². The molecule has 1 fully saturated rings. The Labute approximate surface area is 61.9 Å². The smallest absolute Gasteiger partial charge is 0.168 e. The second-order valence-corrected chi connectivity index (χ2v) is 3.29. The van der Waals surface area contributed by atoms with Crippen LogP contribution in [0.3, 0.4) is 0 Å². The summed E-state index contributed by atoms with van der Waals surface area (Å²) in [5.41, 5.74) is -0.114. The van der Waals surface area contributed by atoms with E-state index in [4.69, 9.17) is 7.85 Å². The molecule has 0 aromatic heterocycles. The second-order valence-electron chi connectivity index (χ2n) is 3.29. The first-order valence-electron chi connectivity index (χ1n) is 3.75. The summed E-state index contributed by atoms with van der Waals surface area (Å²) >= 11 is 0. The van der Waals surface area contributed by atoms with Crippen molar-refractivity contribution in [3.05, 3.63) is 12.2 Å². The number of rotatable bonds is 1. The monoisotopic (exact) mass is 132 g/mol. The van der Waals surface area contributed by atoms with Gasteiger partial charge in [0.25, 0.3) is 0 Å². The highest BCUT2D eigenvalue weighted by Gasteiger charge is 2.37. The Morgan fingerprint density at radius 3 is 2.50 bits per heavy atom. The van der Waals surface area contributed by atoms with Crippen LogP contribution in [0.2, 0.25) is 0 Å². The van der Waals surface area contributed by atoms with Crippen LogP contribution in [0.25, 0.3) is 0 Å². The summed E-state index contributed by atoms with van der Waals surface area (Å²) in [5.74, 6) is 1.28. The molecule has 2 aliphatic rings. The maximum absolute atomic E-state index is 10.8. The molecule has 2 heteroatoms. The Balaban J connectivity index is 2.16. The maximum Gasteiger partial charge on any atom is 0.168 e. The lowest BCUT2D eigenvalue weighted by atomic mass is 9.81. The van der Waals surface area contributed by atoms with Gasteiger partial charge >= 0.3 is 0 Å². The van der Waals surface area contributed by atoms with E-state index in [2.05, 4.69) is 12.2 Å². The van der Waals surface area contributed by atoms with Gasteiger partial charge in [0.05, 0.1) is 5.68 Å². The Hall–Kier alpha value is -0.525. The highest BCUT2D eigenvalue weighted by atomic mass is 16.1. The topological polar surface area (TPSA) is 17.1 Å². The average Bonchev–Trinajstić information content (AvgIpc) is 2.44. The zero-order valence-corrected chi connectivity index (χ0v) is 5.79. The van der Waals surface area contributed by atoms with Crippen LogP contribution in [0, 0.1) is 17.8 Å². The first kappa shape index (κ1) is 6.20. The van der Waals surface area contributed by atoms with Gasteiger partial charge < -0.3 is 4.79 Å². The van der Waals surface area contributed by atoms with E-state index in [-0.39, 0.29) is 11.6 Å². The van der Waals surface area contributed by atoms with E-state index in [0.717, 1.165) is 12.8 Å². The van der Waals surface area contributed by atoms with Crippen molar-refractivity contribution in [3.63, 3.8) is 0 Å². The molecular weight excluding hydrogens is 123 g/mol. The fraction of sp³-hybridized carbons (Fsp3) is 0.625. The molecule has 0 saturated heterocycles. The van der Waals surface area contributed by atoms with E-state index in [1.807, 2.05) is 0 Å². The van der Waals surface area contributed by atoms with Crippen molar-refractivity contribution in [2.24, 2.45) is 17.8 Å². The molecule has 0 spiro atoms. The highest BCUT2D eigenvalue weighted by molar-refractivity contribution is 6.58. The summed E-state index contributed by atoms with van der Waals surface area (Å²) in [6, 6.07) is 0. The van der Waals surface area contributed by atoms with Gasteiger partial charge in [0.2, 0.25) is 0 Å². The summed E-state index contributed by atoms with van der Waals surface area (Å²) < 4.78 is 0. The molecule has 2 aliphatic carbocycles. The summed E-state index contributed by atoms with van der Waals surface area (Å²) in [4.78, 5) is 10.8. The fourth-order valence-electron chi connectivity index (χ4n) is 2.11. The standard InChI is InChI=1S/C8H9BO/c9-8(10)7-4-5-1-2-6(7)3-5/h1-2,5-7H,3-4H2. The summed E-state index contributed by atoms with van der Waals surface area (Å²) in [5, 5.41) is 0. The van der Waals surface area contributed by atoms with Gasteiger partial charge in [-0.3, -0.25) is 0 Å². The van der Waals surface area contributed by atoms with Crippen molar-refractivity contribution >= 4 is 13.5 Å². The van der Waals surface area contributed by atoms with Gasteiger partial charge in [0.15, 0.2) is 7.85 Å². The van der Waals surface area contributed by atoms with E-state index < -0.39 is 0 Å². The fourth-order valence-corrected chi connectivity index (χ4v) is 2.11. The second kappa shape index (κ2) is 1.98. The molecule has 0 aromatic rings. The molecule has 0 N–H and O–H groups in total. The molecule has 2 radical (unpaired) electrons. The maximum atomic E-state index is 10.8. The quantitative estimate of drug-likeness (QED) is 0.382. The predicted octanol–water partition coefficient (Wildman–Crippen LogP) is 0.894. The van der Waals surface area contributed by atoms with Crippen molar-refractivity contribution in [1.82, 2.24) is 0 Å². The Kier molecular flexibility index (Phi) is 1.23. The van der Waals surface area contributed by atoms with E-state index in [1.54, 1.807) is 0 Å². The lowest BCUT2D eigenvalue weighted by Crippen LogP contribution is -2.18. The van der Waals surface area contributed by atoms with E-state index in [9.17, 15) is 4.79 Å². The van der Waals surface area contributed by atoms with E-state index >= 15 is 0 Å². The van der Waals surface area contributed by atoms with Crippen LogP contribution in [-0.2, 0) is 4.79 Å². The van der Waals surface area contributed by atoms with Gasteiger partial charge in [-0.1, -0.05) is 12.2 Å². The van der Waals surface area contributed by atoms with Gasteiger partial charge in [-0.2, -0.15) is 0 Å². The lowest BCUT2D eigenvalue weighted by Gasteiger charge is -2.13. The summed E-state index contributed by atoms with van der Waals surface area (Å²) in [7, 11) is 5.21. The molecule has 2 rings (SSSR count). The minimum Gasteiger partial charge on any atom is -0.312 e. The SMILES string of the molecule is [B]C(=O)C1CC2C=CC1C2. The van der Waals surface area contributed by atoms with Gasteiger partial charge in [-0.05, 0) is 24.7 Å². The lowest BCUT2D eigenvalue weighted by molar-refractivity contribution is -0.115. The van der Waals surface area contributed by atoms with Crippen molar-refractivity contribution in [3.8, 4) is 0 Å². The number of carbonyl (C=O) groups excluding carboxylic acids is 1. The Bertz CT molecular complexity index is 197. The molecule has 1 nitrogen and oxygen atoms in total. The molecule has 10 heavy (non-hydrogen) atoms. The number of allylic oxidation sites excluding steroid dienone is 2. The normalized spacial score (nSPS) is 42.6. The summed E-state index contributed by atoms with van der Waals surface area (Å²) in [6.07, 6.45) is 6.51. The molecule has 3 atom stereocenters. The molecule has 0 amide bonds. The first-order chi connectivity index (χ1) is 4.77. The van der Waals surface area contributed by atoms with Crippen LogP contribution in [0.5, 0.6) is 0 Å². The average molecular weight is 132 g/mol. The van der Waals surface area contributed by atoms with Gasteiger partial charge in [0, 0.05) is 5.92 Å². The van der Waals surface area contributed by atoms with Crippen molar-refractivity contribution in [1.29, 1.82) is 0 Å². The number of hydrogen-bond donors (Lipinski definition) is 0. The third-order valence-electron chi connectivity index (χ3n) is 2.64. The molecule has 0 aliphatic heterocycles. The Morgan fingerprint density at radius 2 is 2.20 bits per heavy atom. The molecule has 3 unspecified atom stereocenters. The highest BCUT2D eigenvalue weighted by Crippen LogP contribution is 2.43.